The molecule has 4 rings (SSSR count). The van der Waals surface area contributed by atoms with Gasteiger partial charge in [-0.1, -0.05) is 0 Å². The van der Waals surface area contributed by atoms with Gasteiger partial charge in [-0.3, -0.25) is 0 Å². The number of fused-ring (bicyclic) bond motifs is 1. The van der Waals surface area contributed by atoms with E-state index >= 15 is 0 Å². The number of aliphatic hydroxyl groups is 1. The zero-order chi connectivity index (χ0) is 19.0. The Morgan fingerprint density at radius 1 is 1.26 bits per heavy atom. The quantitative estimate of drug-likeness (QED) is 0.698. The number of benzene rings is 1. The molecule has 0 spiro atoms. The van der Waals surface area contributed by atoms with E-state index in [1.807, 2.05) is 6.07 Å². The zero-order valence-corrected chi connectivity index (χ0v) is 15.8. The number of ether oxygens (including phenoxy) is 1. The van der Waals surface area contributed by atoms with Crippen LogP contribution in [0.1, 0.15) is 30.9 Å². The molecule has 0 saturated heterocycles. The van der Waals surface area contributed by atoms with E-state index in [1.54, 1.807) is 41.3 Å². The molecule has 1 aliphatic carbocycles. The van der Waals surface area contributed by atoms with Gasteiger partial charge in [0.25, 0.3) is 0 Å². The second-order valence-electron chi connectivity index (χ2n) is 6.91. The van der Waals surface area contributed by atoms with Gasteiger partial charge in [0.15, 0.2) is 15.5 Å². The van der Waals surface area contributed by atoms with Crippen molar-refractivity contribution in [3.05, 3.63) is 48.3 Å². The van der Waals surface area contributed by atoms with E-state index in [2.05, 4.69) is 10.1 Å². The summed E-state index contributed by atoms with van der Waals surface area (Å²) in [6, 6.07) is 8.34. The summed E-state index contributed by atoms with van der Waals surface area (Å²) in [5, 5.41) is 15.5. The number of rotatable bonds is 6. The minimum atomic E-state index is -3.24. The van der Waals surface area contributed by atoms with Gasteiger partial charge in [-0.2, -0.15) is 5.10 Å². The number of aliphatic hydroxyl groups excluding tert-OH is 1. The molecular weight excluding hydrogens is 366 g/mol. The van der Waals surface area contributed by atoms with E-state index in [0.717, 1.165) is 18.2 Å². The van der Waals surface area contributed by atoms with Crippen molar-refractivity contribution in [2.24, 2.45) is 0 Å². The minimum Gasteiger partial charge on any atom is -0.386 e. The fourth-order valence-corrected chi connectivity index (χ4v) is 3.64. The molecule has 3 aromatic rings. The van der Waals surface area contributed by atoms with Crippen molar-refractivity contribution in [2.45, 2.75) is 36.4 Å². The molecule has 1 aromatic carbocycles. The maximum absolute atomic E-state index is 11.6. The molecule has 0 amide bonds. The summed E-state index contributed by atoms with van der Waals surface area (Å²) in [7, 11) is -3.24. The number of nitrogens with zero attached hydrogens (tertiary/aromatic N) is 3. The van der Waals surface area contributed by atoms with Crippen LogP contribution in [0.3, 0.4) is 0 Å². The number of pyridine rings is 1. The molecule has 0 unspecified atom stereocenters. The van der Waals surface area contributed by atoms with Crippen molar-refractivity contribution >= 4 is 20.9 Å². The van der Waals surface area contributed by atoms with Crippen LogP contribution < -0.4 is 0 Å². The highest BCUT2D eigenvalue weighted by Gasteiger charge is 2.20. The van der Waals surface area contributed by atoms with Crippen LogP contribution in [0.2, 0.25) is 0 Å². The highest BCUT2D eigenvalue weighted by Crippen LogP contribution is 2.25. The molecule has 1 fully saturated rings. The molecular formula is C19H21N3O4S. The van der Waals surface area contributed by atoms with Crippen molar-refractivity contribution in [3.8, 4) is 5.69 Å². The third kappa shape index (κ3) is 3.73. The first-order valence-electron chi connectivity index (χ1n) is 8.85. The number of sulfone groups is 1. The van der Waals surface area contributed by atoms with Crippen molar-refractivity contribution in [1.29, 1.82) is 0 Å². The number of hydrogen-bond donors (Lipinski definition) is 1. The van der Waals surface area contributed by atoms with E-state index in [4.69, 9.17) is 4.74 Å². The average molecular weight is 387 g/mol. The molecule has 0 bridgehead atoms. The lowest BCUT2D eigenvalue weighted by molar-refractivity contribution is -0.0427. The van der Waals surface area contributed by atoms with E-state index in [9.17, 15) is 13.5 Å². The molecule has 2 aromatic heterocycles. The summed E-state index contributed by atoms with van der Waals surface area (Å²) in [5.74, 6) is 0. The molecule has 0 radical (unpaired) electrons. The normalized spacial score (nSPS) is 16.4. The van der Waals surface area contributed by atoms with Gasteiger partial charge in [0.05, 0.1) is 29.5 Å². The average Bonchev–Trinajstić information content (AvgIpc) is 3.02. The van der Waals surface area contributed by atoms with Gasteiger partial charge in [-0.15, -0.1) is 0 Å². The third-order valence-corrected chi connectivity index (χ3v) is 5.99. The Labute approximate surface area is 157 Å². The summed E-state index contributed by atoms with van der Waals surface area (Å²) >= 11 is 0. The first kappa shape index (κ1) is 18.1. The Bertz CT molecular complexity index is 1060. The Morgan fingerprint density at radius 2 is 2.00 bits per heavy atom. The Morgan fingerprint density at radius 3 is 2.63 bits per heavy atom. The molecule has 8 heteroatoms. The van der Waals surface area contributed by atoms with Gasteiger partial charge in [-0.05, 0) is 49.6 Å². The van der Waals surface area contributed by atoms with Crippen LogP contribution in [-0.4, -0.2) is 47.3 Å². The number of aromatic nitrogens is 3. The smallest absolute Gasteiger partial charge is 0.175 e. The Hall–Kier alpha value is -2.29. The summed E-state index contributed by atoms with van der Waals surface area (Å²) in [6.07, 6.45) is 7.35. The summed E-state index contributed by atoms with van der Waals surface area (Å²) in [5.41, 5.74) is 2.04. The molecule has 142 valence electrons. The minimum absolute atomic E-state index is 0.257. The van der Waals surface area contributed by atoms with Gasteiger partial charge >= 0.3 is 0 Å². The fraction of sp³-hybridized carbons (Fsp3) is 0.368. The van der Waals surface area contributed by atoms with Crippen molar-refractivity contribution in [2.75, 3.05) is 12.9 Å². The largest absolute Gasteiger partial charge is 0.386 e. The van der Waals surface area contributed by atoms with Crippen molar-refractivity contribution in [1.82, 2.24) is 14.8 Å². The van der Waals surface area contributed by atoms with Crippen LogP contribution in [0.5, 0.6) is 0 Å². The van der Waals surface area contributed by atoms with Crippen LogP contribution in [-0.2, 0) is 14.6 Å². The van der Waals surface area contributed by atoms with Crippen LogP contribution in [0.25, 0.3) is 16.7 Å². The van der Waals surface area contributed by atoms with Crippen LogP contribution in [0.4, 0.5) is 0 Å². The monoisotopic (exact) mass is 387 g/mol. The fourth-order valence-electron chi connectivity index (χ4n) is 3.00. The second-order valence-corrected chi connectivity index (χ2v) is 8.92. The van der Waals surface area contributed by atoms with Gasteiger partial charge < -0.3 is 9.84 Å². The van der Waals surface area contributed by atoms with Gasteiger partial charge in [0, 0.05) is 23.4 Å². The molecule has 1 saturated carbocycles. The van der Waals surface area contributed by atoms with Crippen LogP contribution in [0, 0.1) is 0 Å². The van der Waals surface area contributed by atoms with Gasteiger partial charge in [-0.25, -0.2) is 18.1 Å². The van der Waals surface area contributed by atoms with E-state index in [-0.39, 0.29) is 17.6 Å². The van der Waals surface area contributed by atoms with Crippen LogP contribution in [0.15, 0.2) is 47.6 Å². The third-order valence-electron chi connectivity index (χ3n) is 4.87. The summed E-state index contributed by atoms with van der Waals surface area (Å²) in [6.45, 7) is 0.263. The SMILES string of the molecule is CS(=O)(=O)c1ccc(-n2ncc3cc([C@H](O)COC4CCC4)cnc32)cc1. The lowest BCUT2D eigenvalue weighted by atomic mass is 9.96. The first-order valence-corrected chi connectivity index (χ1v) is 10.7. The van der Waals surface area contributed by atoms with Gasteiger partial charge in [0.2, 0.25) is 0 Å². The summed E-state index contributed by atoms with van der Waals surface area (Å²) < 4.78 is 30.5. The lowest BCUT2D eigenvalue weighted by Crippen LogP contribution is -2.24. The Balaban J connectivity index is 1.56. The van der Waals surface area contributed by atoms with Crippen molar-refractivity contribution < 1.29 is 18.3 Å². The predicted molar refractivity (Wildman–Crippen MR) is 101 cm³/mol. The van der Waals surface area contributed by atoms with Crippen LogP contribution >= 0.6 is 0 Å². The van der Waals surface area contributed by atoms with E-state index < -0.39 is 15.9 Å². The second kappa shape index (κ2) is 7.03. The molecule has 1 N–H and O–H groups in total. The predicted octanol–water partition coefficient (Wildman–Crippen LogP) is 2.43. The van der Waals surface area contributed by atoms with Gasteiger partial charge in [0.1, 0.15) is 6.10 Å². The maximum Gasteiger partial charge on any atom is 0.175 e. The molecule has 0 aliphatic heterocycles. The first-order chi connectivity index (χ1) is 12.9. The van der Waals surface area contributed by atoms with E-state index in [1.165, 1.54) is 12.7 Å². The topological polar surface area (TPSA) is 94.3 Å². The van der Waals surface area contributed by atoms with Crippen molar-refractivity contribution in [3.63, 3.8) is 0 Å². The molecule has 7 nitrogen and oxygen atoms in total. The standard InChI is InChI=1S/C19H21N3O4S/c1-27(24,25)17-7-5-15(6-8-17)22-19-14(11-21-22)9-13(10-20-19)18(23)12-26-16-3-2-4-16/h5-11,16,18,23H,2-4,12H2,1H3/t18-/m1/s1. The highest BCUT2D eigenvalue weighted by atomic mass is 32.2. The molecule has 1 atom stereocenters. The Kier molecular flexibility index (Phi) is 4.71. The lowest BCUT2D eigenvalue weighted by Gasteiger charge is -2.26. The summed E-state index contributed by atoms with van der Waals surface area (Å²) in [4.78, 5) is 4.69. The molecule has 27 heavy (non-hydrogen) atoms. The zero-order valence-electron chi connectivity index (χ0n) is 14.9. The maximum atomic E-state index is 11.6. The number of hydrogen-bond acceptors (Lipinski definition) is 6. The molecule has 2 heterocycles. The van der Waals surface area contributed by atoms with E-state index in [0.29, 0.717) is 16.9 Å². The highest BCUT2D eigenvalue weighted by molar-refractivity contribution is 7.90. The molecule has 1 aliphatic rings.